The molecule has 2 aromatic rings. The highest BCUT2D eigenvalue weighted by Gasteiger charge is 2.12. The number of furan rings is 1. The average Bonchev–Trinajstić information content (AvgIpc) is 2.85. The van der Waals surface area contributed by atoms with Gasteiger partial charge in [0.15, 0.2) is 5.76 Å². The molecule has 0 aliphatic carbocycles. The zero-order valence-corrected chi connectivity index (χ0v) is 10.6. The van der Waals surface area contributed by atoms with Crippen LogP contribution in [0.4, 0.5) is 0 Å². The van der Waals surface area contributed by atoms with Crippen molar-refractivity contribution in [3.05, 3.63) is 28.3 Å². The highest BCUT2D eigenvalue weighted by molar-refractivity contribution is 7.10. The first kappa shape index (κ1) is 11.4. The molecule has 2 rings (SSSR count). The van der Waals surface area contributed by atoms with E-state index in [1.807, 2.05) is 26.1 Å². The molecule has 1 unspecified atom stereocenters. The van der Waals surface area contributed by atoms with Crippen molar-refractivity contribution in [3.8, 4) is 11.5 Å². The Hall–Kier alpha value is -1.13. The van der Waals surface area contributed by atoms with Crippen LogP contribution in [0.3, 0.4) is 0 Å². The summed E-state index contributed by atoms with van der Waals surface area (Å²) in [5.74, 6) is 2.23. The predicted octanol–water partition coefficient (Wildman–Crippen LogP) is 3.03. The standard InChI is InChI=1S/C12H16N2OS/c1-8(6-13-3)12-14-10(7-16-12)11-5-4-9(2)15-11/h4-5,7-8,13H,6H2,1-3H3. The van der Waals surface area contributed by atoms with E-state index < -0.39 is 0 Å². The molecule has 2 heterocycles. The Morgan fingerprint density at radius 1 is 1.50 bits per heavy atom. The minimum absolute atomic E-state index is 0.444. The smallest absolute Gasteiger partial charge is 0.153 e. The number of thiazole rings is 1. The van der Waals surface area contributed by atoms with Crippen LogP contribution in [0.15, 0.2) is 21.9 Å². The highest BCUT2D eigenvalue weighted by Crippen LogP contribution is 2.27. The van der Waals surface area contributed by atoms with Crippen molar-refractivity contribution < 1.29 is 4.42 Å². The van der Waals surface area contributed by atoms with E-state index >= 15 is 0 Å². The van der Waals surface area contributed by atoms with Gasteiger partial charge in [-0.3, -0.25) is 0 Å². The molecule has 2 aromatic heterocycles. The number of likely N-dealkylation sites (N-methyl/N-ethyl adjacent to an activating group) is 1. The van der Waals surface area contributed by atoms with Gasteiger partial charge >= 0.3 is 0 Å². The van der Waals surface area contributed by atoms with E-state index in [1.165, 1.54) is 0 Å². The summed E-state index contributed by atoms with van der Waals surface area (Å²) in [5.41, 5.74) is 0.941. The van der Waals surface area contributed by atoms with E-state index in [1.54, 1.807) is 11.3 Å². The van der Waals surface area contributed by atoms with Crippen LogP contribution in [-0.2, 0) is 0 Å². The van der Waals surface area contributed by atoms with Gasteiger partial charge in [0.1, 0.15) is 11.5 Å². The van der Waals surface area contributed by atoms with Crippen LogP contribution >= 0.6 is 11.3 Å². The maximum atomic E-state index is 5.55. The van der Waals surface area contributed by atoms with Gasteiger partial charge in [-0.2, -0.15) is 0 Å². The molecular weight excluding hydrogens is 220 g/mol. The summed E-state index contributed by atoms with van der Waals surface area (Å²) in [6.07, 6.45) is 0. The first-order valence-electron chi connectivity index (χ1n) is 5.37. The SMILES string of the molecule is CNCC(C)c1nc(-c2ccc(C)o2)cs1. The molecule has 0 spiro atoms. The van der Waals surface area contributed by atoms with Gasteiger partial charge in [-0.1, -0.05) is 6.92 Å². The Morgan fingerprint density at radius 2 is 2.31 bits per heavy atom. The first-order valence-corrected chi connectivity index (χ1v) is 6.25. The fourth-order valence-electron chi connectivity index (χ4n) is 1.59. The lowest BCUT2D eigenvalue weighted by Gasteiger charge is -2.05. The summed E-state index contributed by atoms with van der Waals surface area (Å²) < 4.78 is 5.55. The van der Waals surface area contributed by atoms with Gasteiger partial charge in [-0.15, -0.1) is 11.3 Å². The summed E-state index contributed by atoms with van der Waals surface area (Å²) >= 11 is 1.69. The molecule has 0 saturated carbocycles. The number of hydrogen-bond donors (Lipinski definition) is 1. The Bertz CT molecular complexity index is 461. The third-order valence-electron chi connectivity index (χ3n) is 2.45. The van der Waals surface area contributed by atoms with Crippen LogP contribution < -0.4 is 5.32 Å². The Kier molecular flexibility index (Phi) is 3.41. The van der Waals surface area contributed by atoms with Crippen molar-refractivity contribution in [2.45, 2.75) is 19.8 Å². The summed E-state index contributed by atoms with van der Waals surface area (Å²) in [7, 11) is 1.96. The topological polar surface area (TPSA) is 38.1 Å². The highest BCUT2D eigenvalue weighted by atomic mass is 32.1. The van der Waals surface area contributed by atoms with Gasteiger partial charge in [0.2, 0.25) is 0 Å². The number of rotatable bonds is 4. The minimum atomic E-state index is 0.444. The lowest BCUT2D eigenvalue weighted by Crippen LogP contribution is -2.14. The van der Waals surface area contributed by atoms with E-state index in [2.05, 4.69) is 22.6 Å². The lowest BCUT2D eigenvalue weighted by atomic mass is 10.2. The third kappa shape index (κ3) is 2.33. The molecule has 0 aliphatic heterocycles. The second-order valence-electron chi connectivity index (χ2n) is 3.94. The van der Waals surface area contributed by atoms with Crippen molar-refractivity contribution in [3.63, 3.8) is 0 Å². The van der Waals surface area contributed by atoms with Gasteiger partial charge in [0.05, 0.1) is 5.01 Å². The predicted molar refractivity (Wildman–Crippen MR) is 66.9 cm³/mol. The molecule has 0 fully saturated rings. The molecule has 86 valence electrons. The molecule has 0 bridgehead atoms. The number of aryl methyl sites for hydroxylation is 1. The van der Waals surface area contributed by atoms with Gasteiger partial charge < -0.3 is 9.73 Å². The van der Waals surface area contributed by atoms with E-state index in [4.69, 9.17) is 4.42 Å². The molecule has 0 saturated heterocycles. The quantitative estimate of drug-likeness (QED) is 0.886. The van der Waals surface area contributed by atoms with Gasteiger partial charge in [-0.25, -0.2) is 4.98 Å². The summed E-state index contributed by atoms with van der Waals surface area (Å²) in [5, 5.41) is 6.37. The lowest BCUT2D eigenvalue weighted by molar-refractivity contribution is 0.546. The zero-order chi connectivity index (χ0) is 11.5. The summed E-state index contributed by atoms with van der Waals surface area (Å²) in [6.45, 7) is 5.07. The van der Waals surface area contributed by atoms with Crippen LogP contribution in [0.25, 0.3) is 11.5 Å². The van der Waals surface area contributed by atoms with Crippen molar-refractivity contribution in [2.24, 2.45) is 0 Å². The van der Waals surface area contributed by atoms with Crippen molar-refractivity contribution in [1.82, 2.24) is 10.3 Å². The van der Waals surface area contributed by atoms with Gasteiger partial charge in [0.25, 0.3) is 0 Å². The monoisotopic (exact) mass is 236 g/mol. The molecule has 16 heavy (non-hydrogen) atoms. The number of nitrogens with zero attached hydrogens (tertiary/aromatic N) is 1. The molecule has 4 heteroatoms. The third-order valence-corrected chi connectivity index (χ3v) is 3.52. The van der Waals surface area contributed by atoms with Gasteiger partial charge in [-0.05, 0) is 26.1 Å². The fourth-order valence-corrected chi connectivity index (χ4v) is 2.46. The molecule has 0 radical (unpaired) electrons. The molecule has 1 N–H and O–H groups in total. The fraction of sp³-hybridized carbons (Fsp3) is 0.417. The van der Waals surface area contributed by atoms with Crippen LogP contribution in [0, 0.1) is 6.92 Å². The number of hydrogen-bond acceptors (Lipinski definition) is 4. The molecule has 1 atom stereocenters. The van der Waals surface area contributed by atoms with Gasteiger partial charge in [0, 0.05) is 17.8 Å². The minimum Gasteiger partial charge on any atom is -0.460 e. The molecule has 3 nitrogen and oxygen atoms in total. The van der Waals surface area contributed by atoms with Crippen LogP contribution in [0.1, 0.15) is 23.6 Å². The molecular formula is C12H16N2OS. The average molecular weight is 236 g/mol. The summed E-state index contributed by atoms with van der Waals surface area (Å²) in [6, 6.07) is 3.93. The Labute approximate surface area is 99.5 Å². The van der Waals surface area contributed by atoms with Crippen molar-refractivity contribution in [2.75, 3.05) is 13.6 Å². The molecule has 0 aliphatic rings. The Balaban J connectivity index is 2.19. The largest absolute Gasteiger partial charge is 0.460 e. The second kappa shape index (κ2) is 4.80. The maximum Gasteiger partial charge on any atom is 0.153 e. The van der Waals surface area contributed by atoms with Crippen molar-refractivity contribution >= 4 is 11.3 Å². The van der Waals surface area contributed by atoms with Crippen LogP contribution in [-0.4, -0.2) is 18.6 Å². The van der Waals surface area contributed by atoms with Crippen LogP contribution in [0.5, 0.6) is 0 Å². The summed E-state index contributed by atoms with van der Waals surface area (Å²) in [4.78, 5) is 4.60. The van der Waals surface area contributed by atoms with E-state index in [0.717, 1.165) is 28.8 Å². The van der Waals surface area contributed by atoms with E-state index in [0.29, 0.717) is 5.92 Å². The molecule has 0 amide bonds. The first-order chi connectivity index (χ1) is 7.70. The zero-order valence-electron chi connectivity index (χ0n) is 9.78. The molecule has 0 aromatic carbocycles. The normalized spacial score (nSPS) is 12.9. The second-order valence-corrected chi connectivity index (χ2v) is 4.83. The maximum absolute atomic E-state index is 5.55. The Morgan fingerprint density at radius 3 is 2.94 bits per heavy atom. The number of aromatic nitrogens is 1. The number of nitrogens with one attached hydrogen (secondary N) is 1. The van der Waals surface area contributed by atoms with Crippen molar-refractivity contribution in [1.29, 1.82) is 0 Å². The van der Waals surface area contributed by atoms with E-state index in [-0.39, 0.29) is 0 Å². The van der Waals surface area contributed by atoms with E-state index in [9.17, 15) is 0 Å². The van der Waals surface area contributed by atoms with Crippen LogP contribution in [0.2, 0.25) is 0 Å².